The largest absolute Gasteiger partial charge is 0.337 e. The highest BCUT2D eigenvalue weighted by atomic mass is 32.2. The van der Waals surface area contributed by atoms with E-state index in [1.165, 1.54) is 0 Å². The van der Waals surface area contributed by atoms with Gasteiger partial charge in [-0.2, -0.15) is 0 Å². The number of nitrogens with one attached hydrogen (secondary N) is 1. The molecule has 1 atom stereocenters. The third-order valence-electron chi connectivity index (χ3n) is 3.65. The van der Waals surface area contributed by atoms with Gasteiger partial charge in [0.1, 0.15) is 0 Å². The highest BCUT2D eigenvalue weighted by Gasteiger charge is 2.23. The Morgan fingerprint density at radius 3 is 2.39 bits per heavy atom. The summed E-state index contributed by atoms with van der Waals surface area (Å²) in [7, 11) is -0.947. The van der Waals surface area contributed by atoms with Gasteiger partial charge in [-0.1, -0.05) is 0 Å². The Morgan fingerprint density at radius 1 is 1.22 bits per heavy atom. The van der Waals surface area contributed by atoms with Gasteiger partial charge in [-0.25, -0.2) is 14.8 Å². The molecule has 0 aliphatic carbocycles. The van der Waals surface area contributed by atoms with Crippen LogP contribution in [0.1, 0.15) is 20.8 Å². The predicted molar refractivity (Wildman–Crippen MR) is 92.0 cm³/mol. The van der Waals surface area contributed by atoms with Gasteiger partial charge in [-0.15, -0.1) is 0 Å². The van der Waals surface area contributed by atoms with Crippen LogP contribution >= 0.6 is 0 Å². The monoisotopic (exact) mass is 339 g/mol. The molecule has 8 heteroatoms. The van der Waals surface area contributed by atoms with Crippen molar-refractivity contribution in [3.05, 3.63) is 18.5 Å². The number of amides is 2. The zero-order chi connectivity index (χ0) is 16.9. The van der Waals surface area contributed by atoms with Gasteiger partial charge < -0.3 is 15.1 Å². The molecule has 1 aromatic rings. The lowest BCUT2D eigenvalue weighted by Crippen LogP contribution is -2.52. The summed E-state index contributed by atoms with van der Waals surface area (Å²) in [6.45, 7) is 8.95. The second-order valence-electron chi connectivity index (χ2n) is 6.42. The minimum atomic E-state index is -0.947. The average molecular weight is 339 g/mol. The summed E-state index contributed by atoms with van der Waals surface area (Å²) >= 11 is 0. The molecule has 1 aromatic heterocycles. The van der Waals surface area contributed by atoms with Crippen molar-refractivity contribution in [3.63, 3.8) is 0 Å². The quantitative estimate of drug-likeness (QED) is 0.880. The van der Waals surface area contributed by atoms with Crippen LogP contribution in [0.4, 0.5) is 10.7 Å². The van der Waals surface area contributed by atoms with Crippen LogP contribution in [0.2, 0.25) is 0 Å². The van der Waals surface area contributed by atoms with Gasteiger partial charge in [-0.3, -0.25) is 4.21 Å². The predicted octanol–water partition coefficient (Wildman–Crippen LogP) is 0.855. The van der Waals surface area contributed by atoms with Crippen LogP contribution in [0, 0.1) is 0 Å². The molecule has 1 unspecified atom stereocenters. The molecule has 23 heavy (non-hydrogen) atoms. The number of rotatable bonds is 4. The molecule has 1 fully saturated rings. The fourth-order valence-electron chi connectivity index (χ4n) is 2.23. The molecule has 1 N–H and O–H groups in total. The maximum Gasteiger partial charge on any atom is 0.317 e. The number of aromatic nitrogens is 2. The van der Waals surface area contributed by atoms with E-state index in [0.717, 1.165) is 0 Å². The smallest absolute Gasteiger partial charge is 0.317 e. The molecular weight excluding hydrogens is 314 g/mol. The fraction of sp³-hybridized carbons (Fsp3) is 0.667. The molecule has 0 saturated carbocycles. The number of carbonyl (C=O) groups is 1. The average Bonchev–Trinajstić information content (AvgIpc) is 2.54. The number of hydrogen-bond acceptors (Lipinski definition) is 5. The number of hydrogen-bond donors (Lipinski definition) is 1. The van der Waals surface area contributed by atoms with Crippen molar-refractivity contribution in [2.75, 3.05) is 43.4 Å². The maximum atomic E-state index is 12.1. The lowest BCUT2D eigenvalue weighted by molar-refractivity contribution is 0.195. The summed E-state index contributed by atoms with van der Waals surface area (Å²) in [5, 5.41) is 2.85. The minimum Gasteiger partial charge on any atom is -0.337 e. The zero-order valence-corrected chi connectivity index (χ0v) is 14.8. The summed E-state index contributed by atoms with van der Waals surface area (Å²) in [5.41, 5.74) is 0. The van der Waals surface area contributed by atoms with E-state index in [2.05, 4.69) is 20.2 Å². The summed E-state index contributed by atoms with van der Waals surface area (Å²) in [6.07, 6.45) is 3.44. The summed E-state index contributed by atoms with van der Waals surface area (Å²) in [6, 6.07) is 1.69. The Labute approximate surface area is 139 Å². The van der Waals surface area contributed by atoms with Gasteiger partial charge in [-0.05, 0) is 26.8 Å². The van der Waals surface area contributed by atoms with Gasteiger partial charge >= 0.3 is 6.03 Å². The van der Waals surface area contributed by atoms with Gasteiger partial charge in [0.25, 0.3) is 0 Å². The highest BCUT2D eigenvalue weighted by Crippen LogP contribution is 2.11. The Morgan fingerprint density at radius 2 is 1.83 bits per heavy atom. The molecule has 0 bridgehead atoms. The Balaban J connectivity index is 1.73. The van der Waals surface area contributed by atoms with E-state index in [-0.39, 0.29) is 10.8 Å². The van der Waals surface area contributed by atoms with Crippen molar-refractivity contribution in [1.82, 2.24) is 20.2 Å². The molecule has 2 rings (SSSR count). The summed E-state index contributed by atoms with van der Waals surface area (Å²) in [4.78, 5) is 24.4. The molecule has 0 radical (unpaired) electrons. The van der Waals surface area contributed by atoms with Crippen LogP contribution < -0.4 is 10.2 Å². The van der Waals surface area contributed by atoms with Crippen molar-refractivity contribution < 1.29 is 9.00 Å². The van der Waals surface area contributed by atoms with Crippen LogP contribution in [-0.2, 0) is 10.8 Å². The van der Waals surface area contributed by atoms with E-state index in [9.17, 15) is 9.00 Å². The lowest BCUT2D eigenvalue weighted by Gasteiger charge is -2.34. The first-order valence-electron chi connectivity index (χ1n) is 7.81. The second kappa shape index (κ2) is 7.72. The third-order valence-corrected chi connectivity index (χ3v) is 5.59. The zero-order valence-electron chi connectivity index (χ0n) is 14.0. The SMILES string of the molecule is CC(C)(C)S(=O)CCNC(=O)N1CCN(c2ncccn2)CC1. The fourth-order valence-corrected chi connectivity index (χ4v) is 3.13. The summed E-state index contributed by atoms with van der Waals surface area (Å²) < 4.78 is 11.7. The number of anilines is 1. The molecule has 128 valence electrons. The van der Waals surface area contributed by atoms with E-state index in [0.29, 0.717) is 44.4 Å². The van der Waals surface area contributed by atoms with Crippen molar-refractivity contribution in [2.24, 2.45) is 0 Å². The molecule has 2 amide bonds. The van der Waals surface area contributed by atoms with E-state index < -0.39 is 10.8 Å². The summed E-state index contributed by atoms with van der Waals surface area (Å²) in [5.74, 6) is 1.18. The van der Waals surface area contributed by atoms with Crippen molar-refractivity contribution in [3.8, 4) is 0 Å². The van der Waals surface area contributed by atoms with Crippen molar-refractivity contribution >= 4 is 22.8 Å². The maximum absolute atomic E-state index is 12.1. The molecular formula is C15H25N5O2S. The second-order valence-corrected chi connectivity index (χ2v) is 8.74. The number of carbonyl (C=O) groups excluding carboxylic acids is 1. The Hall–Kier alpha value is -1.70. The normalized spacial score (nSPS) is 17.0. The molecule has 1 saturated heterocycles. The minimum absolute atomic E-state index is 0.0930. The molecule has 0 spiro atoms. The first kappa shape index (κ1) is 17.7. The van der Waals surface area contributed by atoms with Crippen molar-refractivity contribution in [2.45, 2.75) is 25.5 Å². The Bertz CT molecular complexity index is 539. The van der Waals surface area contributed by atoms with Crippen LogP contribution in [0.5, 0.6) is 0 Å². The molecule has 1 aliphatic rings. The topological polar surface area (TPSA) is 78.4 Å². The number of nitrogens with zero attached hydrogens (tertiary/aromatic N) is 4. The molecule has 1 aliphatic heterocycles. The molecule has 7 nitrogen and oxygen atoms in total. The standard InChI is InChI=1S/C15H25N5O2S/c1-15(2,3)23(22)12-7-18-14(21)20-10-8-19(9-11-20)13-16-5-4-6-17-13/h4-6H,7-12H2,1-3H3,(H,18,21). The highest BCUT2D eigenvalue weighted by molar-refractivity contribution is 7.86. The van der Waals surface area contributed by atoms with E-state index in [1.807, 2.05) is 20.8 Å². The van der Waals surface area contributed by atoms with Crippen LogP contribution in [0.25, 0.3) is 0 Å². The van der Waals surface area contributed by atoms with Crippen LogP contribution in [0.15, 0.2) is 18.5 Å². The molecule has 2 heterocycles. The van der Waals surface area contributed by atoms with Gasteiger partial charge in [0, 0.05) is 66.4 Å². The van der Waals surface area contributed by atoms with E-state index in [1.54, 1.807) is 23.4 Å². The first-order valence-corrected chi connectivity index (χ1v) is 9.13. The first-order chi connectivity index (χ1) is 10.9. The number of piperazine rings is 1. The third kappa shape index (κ3) is 5.16. The Kier molecular flexibility index (Phi) is 5.92. The lowest BCUT2D eigenvalue weighted by atomic mass is 10.3. The van der Waals surface area contributed by atoms with Gasteiger partial charge in [0.05, 0.1) is 0 Å². The van der Waals surface area contributed by atoms with Crippen LogP contribution in [0.3, 0.4) is 0 Å². The van der Waals surface area contributed by atoms with Crippen LogP contribution in [-0.4, -0.2) is 68.3 Å². The van der Waals surface area contributed by atoms with Gasteiger partial charge in [0.15, 0.2) is 0 Å². The molecule has 0 aromatic carbocycles. The van der Waals surface area contributed by atoms with Gasteiger partial charge in [0.2, 0.25) is 5.95 Å². The van der Waals surface area contributed by atoms with E-state index >= 15 is 0 Å². The van der Waals surface area contributed by atoms with Crippen molar-refractivity contribution in [1.29, 1.82) is 0 Å². The number of urea groups is 1. The van der Waals surface area contributed by atoms with E-state index in [4.69, 9.17) is 0 Å².